The predicted molar refractivity (Wildman–Crippen MR) is 115 cm³/mol. The summed E-state index contributed by atoms with van der Waals surface area (Å²) in [7, 11) is 0. The van der Waals surface area contributed by atoms with Gasteiger partial charge in [-0.2, -0.15) is 5.10 Å². The molecular formula is C23H21N5O2. The van der Waals surface area contributed by atoms with E-state index in [1.54, 1.807) is 4.68 Å². The molecule has 5 rings (SSSR count). The van der Waals surface area contributed by atoms with Gasteiger partial charge < -0.3 is 10.3 Å². The van der Waals surface area contributed by atoms with Crippen LogP contribution in [0.2, 0.25) is 0 Å². The predicted octanol–water partition coefficient (Wildman–Crippen LogP) is 3.17. The summed E-state index contributed by atoms with van der Waals surface area (Å²) in [5.74, 6) is 0.363. The van der Waals surface area contributed by atoms with Crippen molar-refractivity contribution in [2.45, 2.75) is 32.1 Å². The van der Waals surface area contributed by atoms with Crippen LogP contribution in [0.25, 0.3) is 16.7 Å². The van der Waals surface area contributed by atoms with E-state index in [1.807, 2.05) is 36.4 Å². The molecule has 4 aromatic rings. The summed E-state index contributed by atoms with van der Waals surface area (Å²) in [5, 5.41) is 7.67. The van der Waals surface area contributed by atoms with Crippen LogP contribution in [0, 0.1) is 0 Å². The number of aryl methyl sites for hydroxylation is 3. The first-order valence-electron chi connectivity index (χ1n) is 10.1. The number of hydrogen-bond donors (Lipinski definition) is 2. The minimum absolute atomic E-state index is 0.104. The Labute approximate surface area is 172 Å². The highest BCUT2D eigenvalue weighted by Gasteiger charge is 2.14. The second kappa shape index (κ2) is 7.59. The molecular weight excluding hydrogens is 378 g/mol. The van der Waals surface area contributed by atoms with Gasteiger partial charge in [-0.15, -0.1) is 0 Å². The van der Waals surface area contributed by atoms with Gasteiger partial charge in [0.1, 0.15) is 11.2 Å². The molecule has 1 aliphatic carbocycles. The van der Waals surface area contributed by atoms with Gasteiger partial charge in [-0.1, -0.05) is 24.3 Å². The van der Waals surface area contributed by atoms with Crippen molar-refractivity contribution < 1.29 is 4.79 Å². The molecule has 0 saturated heterocycles. The van der Waals surface area contributed by atoms with Crippen LogP contribution in [0.5, 0.6) is 0 Å². The first-order chi connectivity index (χ1) is 14.7. The fraction of sp³-hybridized carbons (Fsp3) is 0.217. The van der Waals surface area contributed by atoms with Crippen LogP contribution in [0.1, 0.15) is 29.8 Å². The molecule has 0 spiro atoms. The molecule has 0 saturated carbocycles. The summed E-state index contributed by atoms with van der Waals surface area (Å²) in [5.41, 5.74) is 4.57. The van der Waals surface area contributed by atoms with Gasteiger partial charge in [0.2, 0.25) is 5.91 Å². The average Bonchev–Trinajstić information content (AvgIpc) is 3.40. The summed E-state index contributed by atoms with van der Waals surface area (Å²) in [6.45, 7) is 0. The minimum Gasteiger partial charge on any atom is -0.326 e. The highest BCUT2D eigenvalue weighted by molar-refractivity contribution is 5.91. The van der Waals surface area contributed by atoms with Crippen molar-refractivity contribution in [3.8, 4) is 5.69 Å². The maximum absolute atomic E-state index is 12.4. The number of H-pyrrole nitrogens is 1. The van der Waals surface area contributed by atoms with Gasteiger partial charge in [0, 0.05) is 18.5 Å². The molecule has 150 valence electrons. The number of aromatic amines is 1. The lowest BCUT2D eigenvalue weighted by Crippen LogP contribution is -2.16. The first-order valence-corrected chi connectivity index (χ1v) is 10.1. The maximum atomic E-state index is 12.4. The van der Waals surface area contributed by atoms with Crippen molar-refractivity contribution in [3.05, 3.63) is 82.0 Å². The first kappa shape index (κ1) is 18.3. The van der Waals surface area contributed by atoms with E-state index in [-0.39, 0.29) is 17.9 Å². The van der Waals surface area contributed by atoms with Crippen molar-refractivity contribution in [1.82, 2.24) is 19.7 Å². The zero-order chi connectivity index (χ0) is 20.5. The second-order valence-corrected chi connectivity index (χ2v) is 7.53. The summed E-state index contributed by atoms with van der Waals surface area (Å²) >= 11 is 0. The fourth-order valence-electron chi connectivity index (χ4n) is 3.95. The van der Waals surface area contributed by atoms with Gasteiger partial charge in [-0.25, -0.2) is 9.67 Å². The molecule has 30 heavy (non-hydrogen) atoms. The molecule has 0 atom stereocenters. The van der Waals surface area contributed by atoms with E-state index < -0.39 is 0 Å². The van der Waals surface area contributed by atoms with Crippen molar-refractivity contribution in [2.75, 3.05) is 5.32 Å². The van der Waals surface area contributed by atoms with Crippen LogP contribution < -0.4 is 10.9 Å². The third-order valence-electron chi connectivity index (χ3n) is 5.46. The van der Waals surface area contributed by atoms with Gasteiger partial charge in [0.15, 0.2) is 5.65 Å². The zero-order valence-electron chi connectivity index (χ0n) is 16.4. The molecule has 7 nitrogen and oxygen atoms in total. The number of carbonyl (C=O) groups is 1. The van der Waals surface area contributed by atoms with Gasteiger partial charge in [-0.3, -0.25) is 9.59 Å². The van der Waals surface area contributed by atoms with Gasteiger partial charge in [0.05, 0.1) is 11.9 Å². The number of anilines is 1. The van der Waals surface area contributed by atoms with Gasteiger partial charge >= 0.3 is 0 Å². The zero-order valence-corrected chi connectivity index (χ0v) is 16.4. The smallest absolute Gasteiger partial charge is 0.262 e. The molecule has 0 unspecified atom stereocenters. The molecule has 0 bridgehead atoms. The molecule has 7 heteroatoms. The number of benzene rings is 2. The number of aromatic nitrogens is 4. The summed E-state index contributed by atoms with van der Waals surface area (Å²) < 4.78 is 1.64. The maximum Gasteiger partial charge on any atom is 0.262 e. The SMILES string of the molecule is O=C(CCc1nc2c(cnn2-c2ccccc2)c(=O)[nH]1)Nc1ccc2c(c1)CCC2. The van der Waals surface area contributed by atoms with Crippen LogP contribution in [0.3, 0.4) is 0 Å². The van der Waals surface area contributed by atoms with Crippen molar-refractivity contribution in [2.24, 2.45) is 0 Å². The lowest BCUT2D eigenvalue weighted by atomic mass is 10.1. The number of rotatable bonds is 5. The number of fused-ring (bicyclic) bond motifs is 2. The van der Waals surface area contributed by atoms with Gasteiger partial charge in [0.25, 0.3) is 5.56 Å². The number of amides is 1. The van der Waals surface area contributed by atoms with Crippen LogP contribution in [0.15, 0.2) is 59.5 Å². The van der Waals surface area contributed by atoms with E-state index in [0.717, 1.165) is 24.2 Å². The summed E-state index contributed by atoms with van der Waals surface area (Å²) in [6.07, 6.45) is 5.43. The molecule has 2 aromatic heterocycles. The highest BCUT2D eigenvalue weighted by Crippen LogP contribution is 2.25. The Kier molecular flexibility index (Phi) is 4.63. The third-order valence-corrected chi connectivity index (χ3v) is 5.46. The Morgan fingerprint density at radius 1 is 1.10 bits per heavy atom. The Bertz CT molecular complexity index is 1290. The molecule has 1 amide bonds. The molecule has 1 aliphatic rings. The van der Waals surface area contributed by atoms with Crippen LogP contribution in [-0.4, -0.2) is 25.7 Å². The summed E-state index contributed by atoms with van der Waals surface area (Å²) in [4.78, 5) is 32.2. The minimum atomic E-state index is -0.254. The molecule has 0 radical (unpaired) electrons. The molecule has 0 aliphatic heterocycles. The Morgan fingerprint density at radius 2 is 1.93 bits per heavy atom. The third kappa shape index (κ3) is 3.50. The largest absolute Gasteiger partial charge is 0.326 e. The van der Waals surface area contributed by atoms with Crippen LogP contribution in [0.4, 0.5) is 5.69 Å². The summed E-state index contributed by atoms with van der Waals surface area (Å²) in [6, 6.07) is 15.6. The number of hydrogen-bond acceptors (Lipinski definition) is 4. The standard InChI is InChI=1S/C23H21N5O2/c29-21(25-17-10-9-15-5-4-6-16(15)13-17)12-11-20-26-22-19(23(30)27-20)14-24-28(22)18-7-2-1-3-8-18/h1-3,7-10,13-14H,4-6,11-12H2,(H,25,29)(H,26,27,30). The molecule has 2 N–H and O–H groups in total. The molecule has 0 fully saturated rings. The number of nitrogens with one attached hydrogen (secondary N) is 2. The Balaban J connectivity index is 1.33. The molecule has 2 heterocycles. The number of nitrogens with zero attached hydrogens (tertiary/aromatic N) is 3. The van der Waals surface area contributed by atoms with Gasteiger partial charge in [-0.05, 0) is 54.7 Å². The normalized spacial score (nSPS) is 12.8. The van der Waals surface area contributed by atoms with E-state index in [4.69, 9.17) is 0 Å². The lowest BCUT2D eigenvalue weighted by molar-refractivity contribution is -0.116. The van der Waals surface area contributed by atoms with E-state index >= 15 is 0 Å². The second-order valence-electron chi connectivity index (χ2n) is 7.53. The monoisotopic (exact) mass is 399 g/mol. The topological polar surface area (TPSA) is 92.7 Å². The number of carbonyl (C=O) groups excluding carboxylic acids is 1. The van der Waals surface area contributed by atoms with Crippen LogP contribution >= 0.6 is 0 Å². The van der Waals surface area contributed by atoms with Crippen LogP contribution in [-0.2, 0) is 24.1 Å². The van der Waals surface area contributed by atoms with E-state index in [1.165, 1.54) is 23.7 Å². The lowest BCUT2D eigenvalue weighted by Gasteiger charge is -2.08. The van der Waals surface area contributed by atoms with E-state index in [2.05, 4.69) is 32.5 Å². The van der Waals surface area contributed by atoms with Crippen molar-refractivity contribution >= 4 is 22.6 Å². The van der Waals surface area contributed by atoms with Crippen molar-refractivity contribution in [3.63, 3.8) is 0 Å². The quantitative estimate of drug-likeness (QED) is 0.539. The van der Waals surface area contributed by atoms with E-state index in [0.29, 0.717) is 23.3 Å². The Morgan fingerprint density at radius 3 is 2.80 bits per heavy atom. The average molecular weight is 399 g/mol. The fourth-order valence-corrected chi connectivity index (χ4v) is 3.95. The highest BCUT2D eigenvalue weighted by atomic mass is 16.1. The van der Waals surface area contributed by atoms with Crippen molar-refractivity contribution in [1.29, 1.82) is 0 Å². The molecule has 2 aromatic carbocycles. The Hall–Kier alpha value is -3.74. The number of para-hydroxylation sites is 1. The van der Waals surface area contributed by atoms with E-state index in [9.17, 15) is 9.59 Å².